The number of alkyl halides is 1. The van der Waals surface area contributed by atoms with Gasteiger partial charge in [-0.2, -0.15) is 0 Å². The fraction of sp³-hybridized carbons (Fsp3) is 0.455. The zero-order chi connectivity index (χ0) is 11.4. The molecule has 1 aliphatic rings. The van der Waals surface area contributed by atoms with E-state index in [4.69, 9.17) is 20.9 Å². The van der Waals surface area contributed by atoms with Gasteiger partial charge in [0.15, 0.2) is 0 Å². The maximum absolute atomic E-state index is 6.56. The minimum atomic E-state index is -0.907. The molecule has 0 amide bonds. The van der Waals surface area contributed by atoms with Gasteiger partial charge in [0.1, 0.15) is 0 Å². The maximum atomic E-state index is 6.56. The van der Waals surface area contributed by atoms with Gasteiger partial charge in [0.25, 0.3) is 0 Å². The van der Waals surface area contributed by atoms with Crippen molar-refractivity contribution in [3.63, 3.8) is 0 Å². The molecule has 16 heavy (non-hydrogen) atoms. The van der Waals surface area contributed by atoms with Gasteiger partial charge in [-0.25, -0.2) is 0 Å². The van der Waals surface area contributed by atoms with Gasteiger partial charge in [-0.05, 0) is 0 Å². The van der Waals surface area contributed by atoms with E-state index in [-0.39, 0.29) is 0 Å². The Morgan fingerprint density at radius 2 is 1.88 bits per heavy atom. The molecule has 5 heteroatoms. The summed E-state index contributed by atoms with van der Waals surface area (Å²) >= 11 is 6.56. The molecule has 1 fully saturated rings. The summed E-state index contributed by atoms with van der Waals surface area (Å²) in [4.78, 5) is 2.07. The van der Waals surface area contributed by atoms with E-state index in [0.717, 1.165) is 18.7 Å². The van der Waals surface area contributed by atoms with Crippen molar-refractivity contribution in [3.8, 4) is 0 Å². The molecule has 0 bridgehead atoms. The minimum Gasteiger partial charge on any atom is -0.379 e. The molecule has 0 spiro atoms. The number of hydrogen-bond donors (Lipinski definition) is 0. The second-order valence-corrected chi connectivity index (χ2v) is 4.39. The number of halogens is 1. The Hall–Kier alpha value is -0.180. The van der Waals surface area contributed by atoms with E-state index >= 15 is 0 Å². The van der Waals surface area contributed by atoms with Crippen molar-refractivity contribution in [3.05, 3.63) is 35.9 Å². The molecule has 1 saturated heterocycles. The van der Waals surface area contributed by atoms with E-state index in [0.29, 0.717) is 13.2 Å². The molecular weight excluding hydrogens is 245 g/mol. The van der Waals surface area contributed by atoms with Gasteiger partial charge in [0.2, 0.25) is 5.18 Å². The number of ether oxygens (including phenoxy) is 1. The molecule has 2 rings (SSSR count). The molecule has 0 aromatic heterocycles. The highest BCUT2D eigenvalue weighted by Gasteiger charge is 2.37. The summed E-state index contributed by atoms with van der Waals surface area (Å²) in [5.41, 5.74) is 0.938. The molecule has 88 valence electrons. The van der Waals surface area contributed by atoms with Crippen LogP contribution in [0.2, 0.25) is 0 Å². The summed E-state index contributed by atoms with van der Waals surface area (Å²) in [7, 11) is 2.25. The number of hydrogen-bond acceptors (Lipinski definition) is 3. The third kappa shape index (κ3) is 2.39. The lowest BCUT2D eigenvalue weighted by Gasteiger charge is -2.39. The van der Waals surface area contributed by atoms with Gasteiger partial charge in [-0.15, -0.1) is 0 Å². The fourth-order valence-electron chi connectivity index (χ4n) is 1.82. The summed E-state index contributed by atoms with van der Waals surface area (Å²) in [5.74, 6) is 0. The highest BCUT2D eigenvalue weighted by molar-refractivity contribution is 7.10. The Morgan fingerprint density at radius 1 is 1.25 bits per heavy atom. The Balaban J connectivity index is 2.24. The van der Waals surface area contributed by atoms with Crippen LogP contribution in [0, 0.1) is 0 Å². The molecule has 1 aromatic rings. The molecular formula is C11H15ClNO2P. The molecule has 3 nitrogen and oxygen atoms in total. The van der Waals surface area contributed by atoms with Gasteiger partial charge in [0, 0.05) is 28.1 Å². The lowest BCUT2D eigenvalue weighted by atomic mass is 10.1. The SMILES string of the molecule is POC(Cl)(c1ccccc1)N1CCOCC1. The van der Waals surface area contributed by atoms with Gasteiger partial charge < -0.3 is 9.26 Å². The van der Waals surface area contributed by atoms with E-state index in [2.05, 4.69) is 14.4 Å². The van der Waals surface area contributed by atoms with Crippen molar-refractivity contribution in [2.24, 2.45) is 0 Å². The van der Waals surface area contributed by atoms with Crippen molar-refractivity contribution in [2.45, 2.75) is 5.18 Å². The summed E-state index contributed by atoms with van der Waals surface area (Å²) in [6.45, 7) is 2.92. The smallest absolute Gasteiger partial charge is 0.228 e. The average molecular weight is 260 g/mol. The van der Waals surface area contributed by atoms with Crippen LogP contribution in [-0.2, 0) is 14.4 Å². The summed E-state index contributed by atoms with van der Waals surface area (Å²) in [6, 6.07) is 9.80. The Kier molecular flexibility index (Phi) is 4.17. The molecule has 1 aliphatic heterocycles. The van der Waals surface area contributed by atoms with Crippen LogP contribution in [-0.4, -0.2) is 31.2 Å². The topological polar surface area (TPSA) is 21.7 Å². The normalized spacial score (nSPS) is 21.6. The van der Waals surface area contributed by atoms with Crippen molar-refractivity contribution in [1.29, 1.82) is 0 Å². The molecule has 0 saturated carbocycles. The van der Waals surface area contributed by atoms with Gasteiger partial charge in [-0.1, -0.05) is 41.9 Å². The van der Waals surface area contributed by atoms with Crippen molar-refractivity contribution >= 4 is 21.1 Å². The average Bonchev–Trinajstić information content (AvgIpc) is 2.40. The van der Waals surface area contributed by atoms with Crippen LogP contribution in [0.15, 0.2) is 30.3 Å². The highest BCUT2D eigenvalue weighted by Crippen LogP contribution is 2.36. The van der Waals surface area contributed by atoms with E-state index in [9.17, 15) is 0 Å². The lowest BCUT2D eigenvalue weighted by molar-refractivity contribution is -0.0672. The largest absolute Gasteiger partial charge is 0.379 e. The van der Waals surface area contributed by atoms with Gasteiger partial charge >= 0.3 is 0 Å². The number of rotatable bonds is 3. The quantitative estimate of drug-likeness (QED) is 0.472. The first kappa shape index (κ1) is 12.3. The Labute approximate surface area is 103 Å². The standard InChI is InChI=1S/C11H15ClNO2P/c12-11(15-16,10-4-2-1-3-5-10)13-6-8-14-9-7-13/h1-5H,6-9,16H2. The van der Waals surface area contributed by atoms with Crippen LogP contribution in [0.5, 0.6) is 0 Å². The van der Waals surface area contributed by atoms with Crippen LogP contribution >= 0.6 is 21.1 Å². The molecule has 2 atom stereocenters. The highest BCUT2D eigenvalue weighted by atomic mass is 35.5. The molecule has 1 aromatic carbocycles. The predicted molar refractivity (Wildman–Crippen MR) is 67.2 cm³/mol. The van der Waals surface area contributed by atoms with Gasteiger partial charge in [-0.3, -0.25) is 4.90 Å². The van der Waals surface area contributed by atoms with E-state index in [1.165, 1.54) is 0 Å². The van der Waals surface area contributed by atoms with E-state index < -0.39 is 5.18 Å². The minimum absolute atomic E-state index is 0.690. The third-order valence-corrected chi connectivity index (χ3v) is 3.74. The molecule has 2 unspecified atom stereocenters. The van der Waals surface area contributed by atoms with E-state index in [1.54, 1.807) is 0 Å². The van der Waals surface area contributed by atoms with Crippen LogP contribution in [0.25, 0.3) is 0 Å². The van der Waals surface area contributed by atoms with Crippen LogP contribution in [0.4, 0.5) is 0 Å². The maximum Gasteiger partial charge on any atom is 0.228 e. The first-order chi connectivity index (χ1) is 7.77. The monoisotopic (exact) mass is 259 g/mol. The van der Waals surface area contributed by atoms with Gasteiger partial charge in [0.05, 0.1) is 13.2 Å². The van der Waals surface area contributed by atoms with E-state index in [1.807, 2.05) is 30.3 Å². The number of morpholine rings is 1. The van der Waals surface area contributed by atoms with Crippen LogP contribution in [0.1, 0.15) is 5.56 Å². The predicted octanol–water partition coefficient (Wildman–Crippen LogP) is 2.17. The molecule has 0 radical (unpaired) electrons. The molecule has 1 heterocycles. The fourth-order valence-corrected chi connectivity index (χ4v) is 2.40. The molecule has 0 aliphatic carbocycles. The van der Waals surface area contributed by atoms with Crippen molar-refractivity contribution < 1.29 is 9.26 Å². The van der Waals surface area contributed by atoms with Crippen LogP contribution in [0.3, 0.4) is 0 Å². The van der Waals surface area contributed by atoms with Crippen molar-refractivity contribution in [1.82, 2.24) is 4.90 Å². The number of benzene rings is 1. The third-order valence-electron chi connectivity index (χ3n) is 2.70. The first-order valence-electron chi connectivity index (χ1n) is 5.22. The van der Waals surface area contributed by atoms with Crippen molar-refractivity contribution in [2.75, 3.05) is 26.3 Å². The zero-order valence-electron chi connectivity index (χ0n) is 8.93. The molecule has 0 N–H and O–H groups in total. The summed E-state index contributed by atoms with van der Waals surface area (Å²) < 4.78 is 10.7. The second kappa shape index (κ2) is 5.44. The lowest BCUT2D eigenvalue weighted by Crippen LogP contribution is -2.48. The second-order valence-electron chi connectivity index (χ2n) is 3.64. The number of nitrogens with zero attached hydrogens (tertiary/aromatic N) is 1. The Bertz CT molecular complexity index is 332. The zero-order valence-corrected chi connectivity index (χ0v) is 10.8. The first-order valence-corrected chi connectivity index (χ1v) is 6.07. The summed E-state index contributed by atoms with van der Waals surface area (Å²) in [5, 5.41) is -0.907. The van der Waals surface area contributed by atoms with Crippen LogP contribution < -0.4 is 0 Å². The summed E-state index contributed by atoms with van der Waals surface area (Å²) in [6.07, 6.45) is 0. The Morgan fingerprint density at radius 3 is 2.44 bits per heavy atom.